The Bertz CT molecular complexity index is 2710. The molecule has 0 spiro atoms. The van der Waals surface area contributed by atoms with E-state index in [1.54, 1.807) is 0 Å². The second-order valence-corrected chi connectivity index (χ2v) is 13.9. The van der Waals surface area contributed by atoms with E-state index < -0.39 is 0 Å². The maximum atomic E-state index is 5.14. The van der Waals surface area contributed by atoms with Gasteiger partial charge in [-0.05, 0) is 33.0 Å². The number of imidazole rings is 2. The molecule has 0 radical (unpaired) electrons. The zero-order valence-electron chi connectivity index (χ0n) is 30.5. The Morgan fingerprint density at radius 2 is 0.607 bits per heavy atom. The van der Waals surface area contributed by atoms with Crippen LogP contribution >= 0.6 is 0 Å². The minimum atomic E-state index is 0.855. The van der Waals surface area contributed by atoms with Crippen LogP contribution in [0.3, 0.4) is 0 Å². The van der Waals surface area contributed by atoms with Crippen LogP contribution in [-0.4, -0.2) is 19.9 Å². The van der Waals surface area contributed by atoms with Gasteiger partial charge in [-0.15, -0.1) is 0 Å². The summed E-state index contributed by atoms with van der Waals surface area (Å²) in [4.78, 5) is 17.5. The van der Waals surface area contributed by atoms with Gasteiger partial charge in [-0.1, -0.05) is 206 Å². The summed E-state index contributed by atoms with van der Waals surface area (Å²) in [5, 5.41) is 2.42. The van der Waals surface area contributed by atoms with Crippen LogP contribution in [0, 0.1) is 0 Å². The first-order chi connectivity index (χ1) is 27.8. The zero-order chi connectivity index (χ0) is 37.3. The van der Waals surface area contributed by atoms with Gasteiger partial charge in [-0.3, -0.25) is 0 Å². The third-order valence-corrected chi connectivity index (χ3v) is 10.5. The van der Waals surface area contributed by atoms with Gasteiger partial charge in [0, 0.05) is 33.4 Å². The van der Waals surface area contributed by atoms with Crippen LogP contribution in [0.15, 0.2) is 206 Å². The van der Waals surface area contributed by atoms with Crippen LogP contribution in [0.2, 0.25) is 0 Å². The molecule has 2 heterocycles. The van der Waals surface area contributed by atoms with Crippen LogP contribution in [0.1, 0.15) is 0 Å². The van der Waals surface area contributed by atoms with Crippen LogP contribution < -0.4 is 0 Å². The van der Waals surface area contributed by atoms with Gasteiger partial charge in [0.05, 0.1) is 22.8 Å². The summed E-state index contributed by atoms with van der Waals surface area (Å²) in [5.41, 5.74) is 15.0. The van der Waals surface area contributed by atoms with E-state index >= 15 is 0 Å². The van der Waals surface area contributed by atoms with Gasteiger partial charge in [-0.25, -0.2) is 9.97 Å². The topological polar surface area (TPSA) is 57.4 Å². The summed E-state index contributed by atoms with van der Waals surface area (Å²) in [5.74, 6) is 1.71. The number of aromatic amines is 2. The molecule has 2 aromatic heterocycles. The third kappa shape index (κ3) is 6.19. The molecule has 0 fully saturated rings. The second kappa shape index (κ2) is 14.3. The number of aromatic nitrogens is 4. The highest BCUT2D eigenvalue weighted by Gasteiger charge is 2.18. The van der Waals surface area contributed by atoms with Gasteiger partial charge in [0.2, 0.25) is 0 Å². The van der Waals surface area contributed by atoms with E-state index in [-0.39, 0.29) is 0 Å². The summed E-state index contributed by atoms with van der Waals surface area (Å²) < 4.78 is 0. The van der Waals surface area contributed by atoms with Crippen LogP contribution in [-0.2, 0) is 0 Å². The van der Waals surface area contributed by atoms with Crippen molar-refractivity contribution in [3.05, 3.63) is 206 Å². The summed E-state index contributed by atoms with van der Waals surface area (Å²) in [7, 11) is 0. The standard InChI is InChI=1S/C52H36N4/c1-5-15-38(16-6-1)47-49(55-51(53-47)42-19-9-3-10-20-42)40-31-27-35(28-32-40)44-25-13-23-37-24-14-26-45(46(37)44)36-29-33-41(34-30-36)50-48(39-17-7-2-8-18-39)54-52(56-50)43-21-11-4-12-22-43/h1-34H,(H,53,55)(H,54,56). The van der Waals surface area contributed by atoms with Crippen molar-refractivity contribution in [1.29, 1.82) is 0 Å². The van der Waals surface area contributed by atoms with Crippen molar-refractivity contribution in [3.63, 3.8) is 0 Å². The maximum Gasteiger partial charge on any atom is 0.138 e. The molecule has 8 aromatic carbocycles. The fourth-order valence-corrected chi connectivity index (χ4v) is 7.69. The van der Waals surface area contributed by atoms with E-state index in [9.17, 15) is 0 Å². The summed E-state index contributed by atoms with van der Waals surface area (Å²) in [6.07, 6.45) is 0. The van der Waals surface area contributed by atoms with E-state index in [4.69, 9.17) is 9.97 Å². The molecule has 0 unspecified atom stereocenters. The molecule has 0 aliphatic carbocycles. The number of nitrogens with zero attached hydrogens (tertiary/aromatic N) is 2. The Morgan fingerprint density at radius 1 is 0.268 bits per heavy atom. The van der Waals surface area contributed by atoms with Crippen molar-refractivity contribution < 1.29 is 0 Å². The molecule has 0 saturated carbocycles. The Morgan fingerprint density at radius 3 is 0.982 bits per heavy atom. The van der Waals surface area contributed by atoms with E-state index in [0.717, 1.165) is 78.9 Å². The lowest BCUT2D eigenvalue weighted by Crippen LogP contribution is -1.88. The zero-order valence-corrected chi connectivity index (χ0v) is 30.5. The number of benzene rings is 8. The van der Waals surface area contributed by atoms with Crippen LogP contribution in [0.4, 0.5) is 0 Å². The summed E-state index contributed by atoms with van der Waals surface area (Å²) in [6.45, 7) is 0. The summed E-state index contributed by atoms with van der Waals surface area (Å²) in [6, 6.07) is 72.3. The highest BCUT2D eigenvalue weighted by molar-refractivity contribution is 6.06. The number of hydrogen-bond donors (Lipinski definition) is 2. The van der Waals surface area contributed by atoms with E-state index in [1.807, 2.05) is 48.5 Å². The van der Waals surface area contributed by atoms with Crippen LogP contribution in [0.25, 0.3) is 101 Å². The molecule has 0 atom stereocenters. The molecule has 0 aliphatic heterocycles. The van der Waals surface area contributed by atoms with Gasteiger partial charge >= 0.3 is 0 Å². The molecule has 10 rings (SSSR count). The van der Waals surface area contributed by atoms with Crippen molar-refractivity contribution in [2.45, 2.75) is 0 Å². The fraction of sp³-hybridized carbons (Fsp3) is 0. The highest BCUT2D eigenvalue weighted by atomic mass is 14.9. The van der Waals surface area contributed by atoms with Gasteiger partial charge < -0.3 is 9.97 Å². The smallest absolute Gasteiger partial charge is 0.138 e. The van der Waals surface area contributed by atoms with Gasteiger partial charge in [0.15, 0.2) is 0 Å². The van der Waals surface area contributed by atoms with Crippen molar-refractivity contribution in [3.8, 4) is 90.1 Å². The minimum absolute atomic E-state index is 0.855. The first-order valence-corrected chi connectivity index (χ1v) is 18.9. The lowest BCUT2D eigenvalue weighted by atomic mass is 9.90. The molecule has 0 amide bonds. The first kappa shape index (κ1) is 33.0. The Labute approximate surface area is 325 Å². The summed E-state index contributed by atoms with van der Waals surface area (Å²) >= 11 is 0. The molecular formula is C52H36N4. The van der Waals surface area contributed by atoms with Gasteiger partial charge in [0.25, 0.3) is 0 Å². The van der Waals surface area contributed by atoms with Crippen molar-refractivity contribution in [1.82, 2.24) is 19.9 Å². The SMILES string of the molecule is c1ccc(-c2nc(-c3ccc(-c4cccc5cccc(-c6ccc(-c7nc(-c8ccccc8)[nH]c7-c7ccccc7)cc6)c45)cc3)c(-c3ccccc3)[nH]2)cc1. The Hall–Kier alpha value is -7.56. The minimum Gasteiger partial charge on any atom is -0.337 e. The second-order valence-electron chi connectivity index (χ2n) is 13.9. The van der Waals surface area contributed by atoms with Crippen molar-refractivity contribution in [2.24, 2.45) is 0 Å². The van der Waals surface area contributed by atoms with Gasteiger partial charge in [-0.2, -0.15) is 0 Å². The normalized spacial score (nSPS) is 11.2. The quantitative estimate of drug-likeness (QED) is 0.164. The Balaban J connectivity index is 1.02. The largest absolute Gasteiger partial charge is 0.337 e. The van der Waals surface area contributed by atoms with Crippen LogP contribution in [0.5, 0.6) is 0 Å². The molecule has 0 saturated heterocycles. The molecule has 2 N–H and O–H groups in total. The van der Waals surface area contributed by atoms with Crippen molar-refractivity contribution >= 4 is 10.8 Å². The highest BCUT2D eigenvalue weighted by Crippen LogP contribution is 2.40. The lowest BCUT2D eigenvalue weighted by molar-refractivity contribution is 1.31. The molecule has 4 nitrogen and oxygen atoms in total. The average Bonchev–Trinajstić information content (AvgIpc) is 3.94. The maximum absolute atomic E-state index is 5.14. The monoisotopic (exact) mass is 716 g/mol. The third-order valence-electron chi connectivity index (χ3n) is 10.5. The molecule has 0 bridgehead atoms. The average molecular weight is 717 g/mol. The fourth-order valence-electron chi connectivity index (χ4n) is 7.69. The Kier molecular flexibility index (Phi) is 8.47. The first-order valence-electron chi connectivity index (χ1n) is 18.9. The molecular weight excluding hydrogens is 681 g/mol. The van der Waals surface area contributed by atoms with E-state index in [1.165, 1.54) is 21.9 Å². The molecule has 56 heavy (non-hydrogen) atoms. The molecule has 0 aliphatic rings. The molecule has 264 valence electrons. The number of rotatable bonds is 8. The van der Waals surface area contributed by atoms with E-state index in [0.29, 0.717) is 0 Å². The number of fused-ring (bicyclic) bond motifs is 1. The predicted molar refractivity (Wildman–Crippen MR) is 232 cm³/mol. The van der Waals surface area contributed by atoms with Crippen molar-refractivity contribution in [2.75, 3.05) is 0 Å². The lowest BCUT2D eigenvalue weighted by Gasteiger charge is -2.14. The molecule has 10 aromatic rings. The molecule has 4 heteroatoms. The number of H-pyrrole nitrogens is 2. The predicted octanol–water partition coefficient (Wildman–Crippen LogP) is 13.6. The van der Waals surface area contributed by atoms with Gasteiger partial charge in [0.1, 0.15) is 11.6 Å². The number of nitrogens with one attached hydrogen (secondary N) is 2. The van der Waals surface area contributed by atoms with E-state index in [2.05, 4.69) is 168 Å². The number of hydrogen-bond acceptors (Lipinski definition) is 2.